The first-order valence-corrected chi connectivity index (χ1v) is 5.80. The Kier molecular flexibility index (Phi) is 6.32. The van der Waals surface area contributed by atoms with Crippen molar-refractivity contribution >= 4 is 21.6 Å². The van der Waals surface area contributed by atoms with Gasteiger partial charge in [-0.25, -0.2) is 13.1 Å². The molecule has 0 heterocycles. The fourth-order valence-electron chi connectivity index (χ4n) is 0.654. The van der Waals surface area contributed by atoms with Gasteiger partial charge in [-0.3, -0.25) is 0 Å². The van der Waals surface area contributed by atoms with E-state index in [9.17, 15) is 8.42 Å². The van der Waals surface area contributed by atoms with Crippen LogP contribution < -0.4 is 4.72 Å². The summed E-state index contributed by atoms with van der Waals surface area (Å²) in [4.78, 5) is 0. The summed E-state index contributed by atoms with van der Waals surface area (Å²) in [5.74, 6) is 0.0466. The van der Waals surface area contributed by atoms with Crippen molar-refractivity contribution < 1.29 is 13.2 Å². The minimum absolute atomic E-state index is 0.0466. The van der Waals surface area contributed by atoms with Crippen LogP contribution in [0.15, 0.2) is 11.6 Å². The summed E-state index contributed by atoms with van der Waals surface area (Å²) in [6.45, 7) is 3.88. The van der Waals surface area contributed by atoms with Crippen molar-refractivity contribution in [2.24, 2.45) is 0 Å². The molecular formula is C7H14ClNO3S. The van der Waals surface area contributed by atoms with Crippen LogP contribution in [0.1, 0.15) is 6.42 Å². The highest BCUT2D eigenvalue weighted by Gasteiger charge is 2.08. The lowest BCUT2D eigenvalue weighted by molar-refractivity contribution is 0.199. The number of methoxy groups -OCH3 is 1. The molecule has 0 aromatic heterocycles. The fraction of sp³-hybridized carbons (Fsp3) is 0.714. The highest BCUT2D eigenvalue weighted by Crippen LogP contribution is 1.96. The molecule has 0 saturated carbocycles. The SMILES string of the molecule is C=C(Cl)CNS(=O)(=O)CCCOC. The summed E-state index contributed by atoms with van der Waals surface area (Å²) in [6, 6.07) is 0. The molecule has 0 aromatic rings. The summed E-state index contributed by atoms with van der Waals surface area (Å²) in [6.07, 6.45) is 0.473. The Morgan fingerprint density at radius 2 is 2.23 bits per heavy atom. The van der Waals surface area contributed by atoms with E-state index in [1.165, 1.54) is 7.11 Å². The lowest BCUT2D eigenvalue weighted by Gasteiger charge is -2.04. The first-order chi connectivity index (χ1) is 5.98. The molecule has 13 heavy (non-hydrogen) atoms. The maximum absolute atomic E-state index is 11.1. The molecule has 78 valence electrons. The normalized spacial score (nSPS) is 11.5. The molecule has 0 atom stereocenters. The third kappa shape index (κ3) is 8.24. The molecule has 4 nitrogen and oxygen atoms in total. The number of nitrogens with one attached hydrogen (secondary N) is 1. The zero-order valence-electron chi connectivity index (χ0n) is 7.55. The minimum atomic E-state index is -3.22. The molecule has 0 saturated heterocycles. The smallest absolute Gasteiger partial charge is 0.212 e. The quantitative estimate of drug-likeness (QED) is 0.652. The summed E-state index contributed by atoms with van der Waals surface area (Å²) < 4.78 is 29.3. The van der Waals surface area contributed by atoms with Gasteiger partial charge in [-0.2, -0.15) is 0 Å². The van der Waals surface area contributed by atoms with Gasteiger partial charge in [-0.15, -0.1) is 0 Å². The molecule has 0 fully saturated rings. The topological polar surface area (TPSA) is 55.4 Å². The van der Waals surface area contributed by atoms with E-state index in [-0.39, 0.29) is 17.3 Å². The summed E-state index contributed by atoms with van der Waals surface area (Å²) in [5, 5.41) is 0.273. The van der Waals surface area contributed by atoms with Crippen LogP contribution in [0, 0.1) is 0 Å². The molecule has 0 bridgehead atoms. The van der Waals surface area contributed by atoms with Gasteiger partial charge in [0.1, 0.15) is 0 Å². The van der Waals surface area contributed by atoms with Crippen LogP contribution in [-0.4, -0.2) is 34.4 Å². The van der Waals surface area contributed by atoms with Crippen LogP contribution in [0.25, 0.3) is 0 Å². The van der Waals surface area contributed by atoms with E-state index in [1.807, 2.05) is 0 Å². The Balaban J connectivity index is 3.74. The highest BCUT2D eigenvalue weighted by molar-refractivity contribution is 7.89. The van der Waals surface area contributed by atoms with Crippen molar-refractivity contribution in [2.75, 3.05) is 26.0 Å². The Bertz CT molecular complexity index is 250. The number of hydrogen-bond acceptors (Lipinski definition) is 3. The van der Waals surface area contributed by atoms with Gasteiger partial charge in [0.25, 0.3) is 0 Å². The average Bonchev–Trinajstić information content (AvgIpc) is 2.02. The van der Waals surface area contributed by atoms with Crippen LogP contribution in [-0.2, 0) is 14.8 Å². The zero-order chi connectivity index (χ0) is 10.3. The second kappa shape index (κ2) is 6.37. The van der Waals surface area contributed by atoms with Gasteiger partial charge in [0.15, 0.2) is 0 Å². The van der Waals surface area contributed by atoms with E-state index in [0.29, 0.717) is 13.0 Å². The van der Waals surface area contributed by atoms with Gasteiger partial charge in [-0.1, -0.05) is 18.2 Å². The number of hydrogen-bond donors (Lipinski definition) is 1. The molecule has 0 radical (unpaired) electrons. The van der Waals surface area contributed by atoms with Gasteiger partial charge >= 0.3 is 0 Å². The van der Waals surface area contributed by atoms with Crippen molar-refractivity contribution in [3.63, 3.8) is 0 Å². The van der Waals surface area contributed by atoms with Gasteiger partial charge in [-0.05, 0) is 6.42 Å². The molecule has 0 aliphatic rings. The zero-order valence-corrected chi connectivity index (χ0v) is 9.12. The van der Waals surface area contributed by atoms with Gasteiger partial charge in [0.05, 0.1) is 5.75 Å². The molecule has 0 unspecified atom stereocenters. The second-order valence-corrected chi connectivity index (χ2v) is 4.96. The Morgan fingerprint density at radius 1 is 1.62 bits per heavy atom. The van der Waals surface area contributed by atoms with E-state index in [1.54, 1.807) is 0 Å². The molecule has 0 rings (SSSR count). The molecule has 0 aliphatic heterocycles. The van der Waals surface area contributed by atoms with E-state index in [2.05, 4.69) is 11.3 Å². The maximum Gasteiger partial charge on any atom is 0.212 e. The highest BCUT2D eigenvalue weighted by atomic mass is 35.5. The van der Waals surface area contributed by atoms with Crippen molar-refractivity contribution in [3.8, 4) is 0 Å². The second-order valence-electron chi connectivity index (χ2n) is 2.50. The van der Waals surface area contributed by atoms with Gasteiger partial charge in [0, 0.05) is 25.3 Å². The molecule has 1 N–H and O–H groups in total. The molecule has 6 heteroatoms. The average molecular weight is 228 g/mol. The van der Waals surface area contributed by atoms with Crippen molar-refractivity contribution in [3.05, 3.63) is 11.6 Å². The lowest BCUT2D eigenvalue weighted by atomic mass is 10.5. The largest absolute Gasteiger partial charge is 0.385 e. The molecule has 0 amide bonds. The first-order valence-electron chi connectivity index (χ1n) is 3.77. The predicted octanol–water partition coefficient (Wildman–Crippen LogP) is 0.695. The molecule has 0 aliphatic carbocycles. The third-order valence-electron chi connectivity index (χ3n) is 1.25. The lowest BCUT2D eigenvalue weighted by Crippen LogP contribution is -2.27. The van der Waals surface area contributed by atoms with Crippen molar-refractivity contribution in [1.82, 2.24) is 4.72 Å². The van der Waals surface area contributed by atoms with Gasteiger partial charge < -0.3 is 4.74 Å². The van der Waals surface area contributed by atoms with E-state index in [0.717, 1.165) is 0 Å². The standard InChI is InChI=1S/C7H14ClNO3S/c1-7(8)6-9-13(10,11)5-3-4-12-2/h9H,1,3-6H2,2H3. The Labute approximate surface area is 84.0 Å². The Morgan fingerprint density at radius 3 is 2.69 bits per heavy atom. The van der Waals surface area contributed by atoms with Gasteiger partial charge in [0.2, 0.25) is 10.0 Å². The van der Waals surface area contributed by atoms with Crippen LogP contribution in [0.5, 0.6) is 0 Å². The van der Waals surface area contributed by atoms with E-state index < -0.39 is 10.0 Å². The summed E-state index contributed by atoms with van der Waals surface area (Å²) in [7, 11) is -1.70. The monoisotopic (exact) mass is 227 g/mol. The number of halogens is 1. The number of ether oxygens (including phenoxy) is 1. The van der Waals surface area contributed by atoms with Crippen LogP contribution in [0.2, 0.25) is 0 Å². The minimum Gasteiger partial charge on any atom is -0.385 e. The fourth-order valence-corrected chi connectivity index (χ4v) is 1.84. The summed E-state index contributed by atoms with van der Waals surface area (Å²) in [5.41, 5.74) is 0. The van der Waals surface area contributed by atoms with E-state index in [4.69, 9.17) is 16.3 Å². The van der Waals surface area contributed by atoms with Crippen molar-refractivity contribution in [1.29, 1.82) is 0 Å². The van der Waals surface area contributed by atoms with Crippen LogP contribution in [0.4, 0.5) is 0 Å². The first kappa shape index (κ1) is 12.9. The molecule has 0 spiro atoms. The van der Waals surface area contributed by atoms with Crippen LogP contribution >= 0.6 is 11.6 Å². The maximum atomic E-state index is 11.1. The molecular weight excluding hydrogens is 214 g/mol. The number of sulfonamides is 1. The van der Waals surface area contributed by atoms with Crippen molar-refractivity contribution in [2.45, 2.75) is 6.42 Å². The summed E-state index contributed by atoms with van der Waals surface area (Å²) >= 11 is 5.40. The predicted molar refractivity (Wildman–Crippen MR) is 53.3 cm³/mol. The molecule has 0 aromatic carbocycles. The number of rotatable bonds is 7. The van der Waals surface area contributed by atoms with Crippen LogP contribution in [0.3, 0.4) is 0 Å². The third-order valence-corrected chi connectivity index (χ3v) is 2.79. The van der Waals surface area contributed by atoms with E-state index >= 15 is 0 Å². The Hall–Kier alpha value is -0.100.